The molecule has 90 valence electrons. The lowest BCUT2D eigenvalue weighted by Gasteiger charge is -2.07. The first-order chi connectivity index (χ1) is 7.49. The summed E-state index contributed by atoms with van der Waals surface area (Å²) in [4.78, 5) is 11.5. The summed E-state index contributed by atoms with van der Waals surface area (Å²) in [5, 5.41) is 6.98. The fourth-order valence-corrected chi connectivity index (χ4v) is 2.30. The number of hydrogen-bond donors (Lipinski definition) is 1. The highest BCUT2D eigenvalue weighted by molar-refractivity contribution is 9.11. The zero-order valence-corrected chi connectivity index (χ0v) is 12.5. The minimum atomic E-state index is -0.0167. The van der Waals surface area contributed by atoms with Crippen LogP contribution in [0.25, 0.3) is 0 Å². The fraction of sp³-hybridized carbons (Fsp3) is 0.600. The van der Waals surface area contributed by atoms with Gasteiger partial charge < -0.3 is 5.32 Å². The van der Waals surface area contributed by atoms with E-state index in [0.29, 0.717) is 10.5 Å². The first kappa shape index (κ1) is 13.7. The van der Waals surface area contributed by atoms with E-state index in [1.807, 2.05) is 0 Å². The smallest absolute Gasteiger partial charge is 0.241 e. The SMILES string of the molecule is CC(C)CCNC(=O)Cn1nc(Br)cc1Br. The molecule has 16 heavy (non-hydrogen) atoms. The molecule has 1 heterocycles. The maximum Gasteiger partial charge on any atom is 0.241 e. The van der Waals surface area contributed by atoms with Crippen molar-refractivity contribution in [3.63, 3.8) is 0 Å². The van der Waals surface area contributed by atoms with Crippen LogP contribution in [0.2, 0.25) is 0 Å². The highest BCUT2D eigenvalue weighted by Crippen LogP contribution is 2.15. The van der Waals surface area contributed by atoms with E-state index in [-0.39, 0.29) is 12.5 Å². The lowest BCUT2D eigenvalue weighted by Crippen LogP contribution is -2.29. The topological polar surface area (TPSA) is 46.9 Å². The Balaban J connectivity index is 2.37. The van der Waals surface area contributed by atoms with Gasteiger partial charge in [0.1, 0.15) is 15.8 Å². The second-order valence-electron chi connectivity index (χ2n) is 3.98. The highest BCUT2D eigenvalue weighted by Gasteiger charge is 2.08. The van der Waals surface area contributed by atoms with Crippen LogP contribution < -0.4 is 5.32 Å². The lowest BCUT2D eigenvalue weighted by molar-refractivity contribution is -0.121. The molecule has 0 fully saturated rings. The number of carbonyl (C=O) groups excluding carboxylic acids is 1. The summed E-state index contributed by atoms with van der Waals surface area (Å²) in [5.74, 6) is 0.586. The van der Waals surface area contributed by atoms with Crippen molar-refractivity contribution in [2.45, 2.75) is 26.8 Å². The van der Waals surface area contributed by atoms with Crippen LogP contribution in [0.5, 0.6) is 0 Å². The highest BCUT2D eigenvalue weighted by atomic mass is 79.9. The summed E-state index contributed by atoms with van der Waals surface area (Å²) in [7, 11) is 0. The summed E-state index contributed by atoms with van der Waals surface area (Å²) in [6, 6.07) is 1.81. The maximum absolute atomic E-state index is 11.5. The molecule has 0 aliphatic heterocycles. The summed E-state index contributed by atoms with van der Waals surface area (Å²) < 4.78 is 3.11. The Labute approximate surface area is 112 Å². The Bertz CT molecular complexity index is 363. The Morgan fingerprint density at radius 3 is 2.75 bits per heavy atom. The molecule has 1 N–H and O–H groups in total. The molecule has 1 amide bonds. The van der Waals surface area contributed by atoms with Gasteiger partial charge in [-0.05, 0) is 44.2 Å². The van der Waals surface area contributed by atoms with Gasteiger partial charge in [0.2, 0.25) is 5.91 Å². The van der Waals surface area contributed by atoms with Crippen molar-refractivity contribution in [1.82, 2.24) is 15.1 Å². The number of carbonyl (C=O) groups is 1. The maximum atomic E-state index is 11.5. The minimum absolute atomic E-state index is 0.0167. The quantitative estimate of drug-likeness (QED) is 0.885. The predicted octanol–water partition coefficient (Wildman–Crippen LogP) is 2.57. The van der Waals surface area contributed by atoms with Crippen molar-refractivity contribution in [2.24, 2.45) is 5.92 Å². The number of nitrogens with zero attached hydrogens (tertiary/aromatic N) is 2. The Morgan fingerprint density at radius 1 is 1.56 bits per heavy atom. The van der Waals surface area contributed by atoms with E-state index < -0.39 is 0 Å². The van der Waals surface area contributed by atoms with Gasteiger partial charge in [0, 0.05) is 12.6 Å². The molecule has 0 unspecified atom stereocenters. The molecule has 0 radical (unpaired) electrons. The van der Waals surface area contributed by atoms with E-state index in [0.717, 1.165) is 17.6 Å². The van der Waals surface area contributed by atoms with Gasteiger partial charge in [-0.3, -0.25) is 4.79 Å². The standard InChI is InChI=1S/C10H15Br2N3O/c1-7(2)3-4-13-10(16)6-15-9(12)5-8(11)14-15/h5,7H,3-4,6H2,1-2H3,(H,13,16). The minimum Gasteiger partial charge on any atom is -0.354 e. The van der Waals surface area contributed by atoms with E-state index in [9.17, 15) is 4.79 Å². The monoisotopic (exact) mass is 351 g/mol. The number of amides is 1. The number of hydrogen-bond acceptors (Lipinski definition) is 2. The van der Waals surface area contributed by atoms with Crippen molar-refractivity contribution in [3.8, 4) is 0 Å². The van der Waals surface area contributed by atoms with Crippen molar-refractivity contribution in [2.75, 3.05) is 6.54 Å². The van der Waals surface area contributed by atoms with E-state index in [4.69, 9.17) is 0 Å². The van der Waals surface area contributed by atoms with Crippen LogP contribution >= 0.6 is 31.9 Å². The first-order valence-corrected chi connectivity index (χ1v) is 6.73. The molecule has 1 aromatic rings. The van der Waals surface area contributed by atoms with Crippen LogP contribution in [0.4, 0.5) is 0 Å². The van der Waals surface area contributed by atoms with Crippen LogP contribution in [-0.4, -0.2) is 22.2 Å². The van der Waals surface area contributed by atoms with Gasteiger partial charge in [0.25, 0.3) is 0 Å². The van der Waals surface area contributed by atoms with Gasteiger partial charge in [-0.2, -0.15) is 5.10 Å². The van der Waals surface area contributed by atoms with E-state index >= 15 is 0 Å². The van der Waals surface area contributed by atoms with E-state index in [2.05, 4.69) is 56.1 Å². The summed E-state index contributed by atoms with van der Waals surface area (Å²) in [6.07, 6.45) is 0.996. The predicted molar refractivity (Wildman–Crippen MR) is 70.1 cm³/mol. The van der Waals surface area contributed by atoms with Crippen LogP contribution in [0.1, 0.15) is 20.3 Å². The molecule has 0 saturated heterocycles. The summed E-state index contributed by atoms with van der Waals surface area (Å²) in [5.41, 5.74) is 0. The molecule has 0 bridgehead atoms. The molecular weight excluding hydrogens is 338 g/mol. The zero-order chi connectivity index (χ0) is 12.1. The summed E-state index contributed by atoms with van der Waals surface area (Å²) >= 11 is 6.58. The van der Waals surface area contributed by atoms with Crippen molar-refractivity contribution >= 4 is 37.8 Å². The van der Waals surface area contributed by atoms with Crippen LogP contribution in [0.3, 0.4) is 0 Å². The Hall–Kier alpha value is -0.360. The average Bonchev–Trinajstić information content (AvgIpc) is 2.44. The van der Waals surface area contributed by atoms with Gasteiger partial charge in [-0.25, -0.2) is 4.68 Å². The molecule has 1 rings (SSSR count). The van der Waals surface area contributed by atoms with Crippen molar-refractivity contribution in [3.05, 3.63) is 15.3 Å². The molecule has 6 heteroatoms. The summed E-state index contributed by atoms with van der Waals surface area (Å²) in [6.45, 7) is 5.22. The second kappa shape index (κ2) is 6.39. The second-order valence-corrected chi connectivity index (χ2v) is 5.60. The Kier molecular flexibility index (Phi) is 5.48. The van der Waals surface area contributed by atoms with E-state index in [1.165, 1.54) is 0 Å². The largest absolute Gasteiger partial charge is 0.354 e. The molecule has 0 aliphatic rings. The van der Waals surface area contributed by atoms with Gasteiger partial charge in [0.15, 0.2) is 0 Å². The van der Waals surface area contributed by atoms with Gasteiger partial charge in [0.05, 0.1) is 0 Å². The molecule has 0 spiro atoms. The molecular formula is C10H15Br2N3O. The van der Waals surface area contributed by atoms with E-state index in [1.54, 1.807) is 10.7 Å². The van der Waals surface area contributed by atoms with Gasteiger partial charge in [-0.1, -0.05) is 13.8 Å². The molecule has 0 aromatic carbocycles. The molecule has 0 atom stereocenters. The molecule has 0 aliphatic carbocycles. The molecule has 0 saturated carbocycles. The number of rotatable bonds is 5. The third-order valence-electron chi connectivity index (χ3n) is 2.04. The average molecular weight is 353 g/mol. The van der Waals surface area contributed by atoms with Crippen LogP contribution in [0.15, 0.2) is 15.3 Å². The third-order valence-corrected chi connectivity index (χ3v) is 3.06. The lowest BCUT2D eigenvalue weighted by atomic mass is 10.1. The first-order valence-electron chi connectivity index (χ1n) is 5.14. The van der Waals surface area contributed by atoms with Crippen LogP contribution in [-0.2, 0) is 11.3 Å². The number of aromatic nitrogens is 2. The normalized spacial score (nSPS) is 10.8. The number of nitrogens with one attached hydrogen (secondary N) is 1. The fourth-order valence-electron chi connectivity index (χ4n) is 1.17. The third kappa shape index (κ3) is 4.65. The zero-order valence-electron chi connectivity index (χ0n) is 9.33. The van der Waals surface area contributed by atoms with Gasteiger partial charge >= 0.3 is 0 Å². The Morgan fingerprint density at radius 2 is 2.25 bits per heavy atom. The van der Waals surface area contributed by atoms with Crippen molar-refractivity contribution in [1.29, 1.82) is 0 Å². The molecule has 4 nitrogen and oxygen atoms in total. The number of halogens is 2. The van der Waals surface area contributed by atoms with Crippen LogP contribution in [0, 0.1) is 5.92 Å². The van der Waals surface area contributed by atoms with Gasteiger partial charge in [-0.15, -0.1) is 0 Å². The molecule has 1 aromatic heterocycles. The van der Waals surface area contributed by atoms with Crippen molar-refractivity contribution < 1.29 is 4.79 Å².